The van der Waals surface area contributed by atoms with Crippen LogP contribution in [0.15, 0.2) is 47.6 Å². The van der Waals surface area contributed by atoms with Crippen molar-refractivity contribution >= 4 is 16.5 Å². The maximum atomic E-state index is 4.61. The van der Waals surface area contributed by atoms with Crippen LogP contribution in [-0.2, 0) is 18.9 Å². The van der Waals surface area contributed by atoms with Crippen LogP contribution in [0.25, 0.3) is 16.5 Å². The quantitative estimate of drug-likeness (QED) is 0.474. The number of hydrogen-bond donors (Lipinski definition) is 0. The minimum Gasteiger partial charge on any atom is -0.346 e. The topological polar surface area (TPSA) is 4.93 Å². The molecule has 1 heterocycles. The Morgan fingerprint density at radius 2 is 1.89 bits per heavy atom. The fraction of sp³-hybridized carbons (Fsp3) is 0.481. The molecule has 2 aliphatic carbocycles. The molecule has 0 fully saturated rings. The maximum absolute atomic E-state index is 4.61. The smallest absolute Gasteiger partial charge is 0.0489 e. The van der Waals surface area contributed by atoms with E-state index in [1.54, 1.807) is 5.57 Å². The molecule has 1 aromatic carbocycles. The zero-order chi connectivity index (χ0) is 20.1. The zero-order valence-electron chi connectivity index (χ0n) is 18.4. The summed E-state index contributed by atoms with van der Waals surface area (Å²) in [5.41, 5.74) is 11.5. The summed E-state index contributed by atoms with van der Waals surface area (Å²) in [4.78, 5) is 0. The second-order valence-electron chi connectivity index (χ2n) is 9.24. The summed E-state index contributed by atoms with van der Waals surface area (Å²) in [6.07, 6.45) is 11.2. The van der Waals surface area contributed by atoms with Gasteiger partial charge in [0.15, 0.2) is 0 Å². The SMILES string of the molecule is C=C1C2=C(C=C(CCCCC)CC2)C(C)(C)c2c1c1ccc(CC)cc1n2C. The van der Waals surface area contributed by atoms with Gasteiger partial charge < -0.3 is 4.57 Å². The molecule has 28 heavy (non-hydrogen) atoms. The van der Waals surface area contributed by atoms with Crippen LogP contribution < -0.4 is 0 Å². The van der Waals surface area contributed by atoms with E-state index in [0.717, 1.165) is 12.8 Å². The molecule has 2 aliphatic rings. The lowest BCUT2D eigenvalue weighted by atomic mass is 9.66. The number of nitrogens with zero attached hydrogens (tertiary/aromatic N) is 1. The Hall–Kier alpha value is -2.02. The maximum Gasteiger partial charge on any atom is 0.0489 e. The Balaban J connectivity index is 1.86. The van der Waals surface area contributed by atoms with Gasteiger partial charge >= 0.3 is 0 Å². The first-order valence-electron chi connectivity index (χ1n) is 11.1. The largest absolute Gasteiger partial charge is 0.346 e. The summed E-state index contributed by atoms with van der Waals surface area (Å²) >= 11 is 0. The number of benzene rings is 1. The van der Waals surface area contributed by atoms with Crippen molar-refractivity contribution in [3.8, 4) is 0 Å². The summed E-state index contributed by atoms with van der Waals surface area (Å²) in [6, 6.07) is 7.00. The monoisotopic (exact) mass is 373 g/mol. The normalized spacial score (nSPS) is 18.3. The van der Waals surface area contributed by atoms with E-state index in [2.05, 4.69) is 70.2 Å². The first-order chi connectivity index (χ1) is 13.4. The predicted molar refractivity (Wildman–Crippen MR) is 123 cm³/mol. The van der Waals surface area contributed by atoms with Crippen molar-refractivity contribution in [3.05, 3.63) is 64.4 Å². The van der Waals surface area contributed by atoms with Crippen molar-refractivity contribution in [2.75, 3.05) is 0 Å². The number of fused-ring (bicyclic) bond motifs is 3. The van der Waals surface area contributed by atoms with Crippen molar-refractivity contribution in [1.82, 2.24) is 4.57 Å². The molecule has 0 saturated carbocycles. The van der Waals surface area contributed by atoms with E-state index in [1.807, 2.05) is 0 Å². The number of unbranched alkanes of at least 4 members (excludes halogenated alkanes) is 2. The third-order valence-corrected chi connectivity index (χ3v) is 7.08. The van der Waals surface area contributed by atoms with E-state index in [1.165, 1.54) is 76.5 Å². The summed E-state index contributed by atoms with van der Waals surface area (Å²) < 4.78 is 2.44. The molecule has 1 nitrogen and oxygen atoms in total. The van der Waals surface area contributed by atoms with E-state index < -0.39 is 0 Å². The fourth-order valence-electron chi connectivity index (χ4n) is 5.47. The summed E-state index contributed by atoms with van der Waals surface area (Å²) in [5.74, 6) is 0. The second kappa shape index (κ2) is 7.10. The van der Waals surface area contributed by atoms with Gasteiger partial charge in [0, 0.05) is 34.6 Å². The van der Waals surface area contributed by atoms with Gasteiger partial charge in [-0.2, -0.15) is 0 Å². The van der Waals surface area contributed by atoms with Gasteiger partial charge in [-0.15, -0.1) is 0 Å². The van der Waals surface area contributed by atoms with E-state index >= 15 is 0 Å². The third-order valence-electron chi connectivity index (χ3n) is 7.08. The Morgan fingerprint density at radius 3 is 2.61 bits per heavy atom. The van der Waals surface area contributed by atoms with Crippen LogP contribution >= 0.6 is 0 Å². The first-order valence-corrected chi connectivity index (χ1v) is 11.1. The molecule has 0 N–H and O–H groups in total. The summed E-state index contributed by atoms with van der Waals surface area (Å²) in [7, 11) is 2.25. The molecule has 0 aliphatic heterocycles. The molecule has 1 aromatic heterocycles. The van der Waals surface area contributed by atoms with Crippen molar-refractivity contribution in [1.29, 1.82) is 0 Å². The van der Waals surface area contributed by atoms with Crippen LogP contribution in [-0.4, -0.2) is 4.57 Å². The minimum atomic E-state index is 0.0163. The Morgan fingerprint density at radius 1 is 1.11 bits per heavy atom. The average Bonchev–Trinajstić information content (AvgIpc) is 2.99. The summed E-state index contributed by atoms with van der Waals surface area (Å²) in [6.45, 7) is 14.0. The van der Waals surface area contributed by atoms with Crippen LogP contribution in [0.2, 0.25) is 0 Å². The highest BCUT2D eigenvalue weighted by molar-refractivity contribution is 6.01. The lowest BCUT2D eigenvalue weighted by molar-refractivity contribution is 0.566. The molecule has 1 heteroatoms. The molecule has 0 spiro atoms. The lowest BCUT2D eigenvalue weighted by Crippen LogP contribution is -2.30. The number of rotatable bonds is 5. The molecule has 0 amide bonds. The van der Waals surface area contributed by atoms with E-state index in [-0.39, 0.29) is 5.41 Å². The molecule has 0 radical (unpaired) electrons. The highest BCUT2D eigenvalue weighted by Gasteiger charge is 2.40. The van der Waals surface area contributed by atoms with Gasteiger partial charge in [0.05, 0.1) is 0 Å². The molecular weight excluding hydrogens is 338 g/mol. The Bertz CT molecular complexity index is 1010. The van der Waals surface area contributed by atoms with Crippen LogP contribution in [0.3, 0.4) is 0 Å². The van der Waals surface area contributed by atoms with E-state index in [0.29, 0.717) is 0 Å². The fourth-order valence-corrected chi connectivity index (χ4v) is 5.47. The lowest BCUT2D eigenvalue weighted by Gasteiger charge is -2.39. The molecule has 0 unspecified atom stereocenters. The van der Waals surface area contributed by atoms with Gasteiger partial charge in [-0.05, 0) is 60.5 Å². The molecule has 2 aromatic rings. The first kappa shape index (κ1) is 19.3. The molecule has 0 atom stereocenters. The second-order valence-corrected chi connectivity index (χ2v) is 9.24. The van der Waals surface area contributed by atoms with Gasteiger partial charge in [-0.1, -0.05) is 70.9 Å². The third kappa shape index (κ3) is 2.82. The molecule has 148 valence electrons. The molecule has 0 saturated heterocycles. The number of hydrogen-bond acceptors (Lipinski definition) is 0. The van der Waals surface area contributed by atoms with Gasteiger partial charge in [0.2, 0.25) is 0 Å². The molecule has 4 rings (SSSR count). The van der Waals surface area contributed by atoms with Crippen LogP contribution in [0.4, 0.5) is 0 Å². The number of aryl methyl sites for hydroxylation is 2. The molecular formula is C27H35N. The highest BCUT2D eigenvalue weighted by atomic mass is 15.0. The van der Waals surface area contributed by atoms with E-state index in [4.69, 9.17) is 0 Å². The molecule has 0 bridgehead atoms. The highest BCUT2D eigenvalue weighted by Crippen LogP contribution is 2.52. The van der Waals surface area contributed by atoms with Crippen molar-refractivity contribution in [2.45, 2.75) is 78.1 Å². The van der Waals surface area contributed by atoms with Crippen molar-refractivity contribution in [3.63, 3.8) is 0 Å². The standard InChI is InChI=1S/C27H35N/c1-7-9-10-11-20-13-14-21-18(3)25-22-15-12-19(8-2)17-24(22)28(6)26(25)27(4,5)23(21)16-20/h12,15-17H,3,7-11,13-14H2,1-2,4-6H3. The van der Waals surface area contributed by atoms with Crippen molar-refractivity contribution < 1.29 is 0 Å². The van der Waals surface area contributed by atoms with Gasteiger partial charge in [-0.25, -0.2) is 0 Å². The van der Waals surface area contributed by atoms with Gasteiger partial charge in [0.1, 0.15) is 0 Å². The zero-order valence-corrected chi connectivity index (χ0v) is 18.4. The van der Waals surface area contributed by atoms with Gasteiger partial charge in [0.25, 0.3) is 0 Å². The van der Waals surface area contributed by atoms with Crippen LogP contribution in [0, 0.1) is 0 Å². The Labute approximate surface area is 170 Å². The number of aromatic nitrogens is 1. The average molecular weight is 374 g/mol. The number of allylic oxidation sites excluding steroid dienone is 5. The predicted octanol–water partition coefficient (Wildman–Crippen LogP) is 7.64. The van der Waals surface area contributed by atoms with Crippen LogP contribution in [0.5, 0.6) is 0 Å². The summed E-state index contributed by atoms with van der Waals surface area (Å²) in [5, 5.41) is 1.37. The van der Waals surface area contributed by atoms with Crippen molar-refractivity contribution in [2.24, 2.45) is 7.05 Å². The minimum absolute atomic E-state index is 0.0163. The van der Waals surface area contributed by atoms with Crippen LogP contribution in [0.1, 0.15) is 83.0 Å². The van der Waals surface area contributed by atoms with E-state index in [9.17, 15) is 0 Å². The Kier molecular flexibility index (Phi) is 4.89. The van der Waals surface area contributed by atoms with Gasteiger partial charge in [-0.3, -0.25) is 0 Å².